The van der Waals surface area contributed by atoms with Gasteiger partial charge in [-0.3, -0.25) is 4.79 Å². The number of benzene rings is 2. The summed E-state index contributed by atoms with van der Waals surface area (Å²) in [4.78, 5) is 12.2. The Balaban J connectivity index is 2.31. The fourth-order valence-corrected chi connectivity index (χ4v) is 2.02. The van der Waals surface area contributed by atoms with Gasteiger partial charge in [0.15, 0.2) is 0 Å². The summed E-state index contributed by atoms with van der Waals surface area (Å²) in [5.74, 6) is -0.271. The van der Waals surface area contributed by atoms with E-state index in [2.05, 4.69) is 5.32 Å². The van der Waals surface area contributed by atoms with Crippen LogP contribution in [0.25, 0.3) is 0 Å². The van der Waals surface area contributed by atoms with Crippen molar-refractivity contribution in [2.24, 2.45) is 0 Å². The van der Waals surface area contributed by atoms with Crippen LogP contribution < -0.4 is 11.1 Å². The average molecular weight is 295 g/mol. The molecule has 0 fully saturated rings. The molecule has 0 radical (unpaired) electrons. The average Bonchev–Trinajstić information content (AvgIpc) is 2.37. The Morgan fingerprint density at radius 1 is 1.16 bits per heavy atom. The summed E-state index contributed by atoms with van der Waals surface area (Å²) in [5, 5.41) is 3.71. The number of nitrogen functional groups attached to an aromatic ring is 1. The van der Waals surface area contributed by atoms with E-state index in [1.54, 1.807) is 43.3 Å². The third kappa shape index (κ3) is 3.00. The Hall–Kier alpha value is -1.71. The third-order valence-corrected chi connectivity index (χ3v) is 3.49. The van der Waals surface area contributed by atoms with E-state index in [0.717, 1.165) is 5.56 Å². The lowest BCUT2D eigenvalue weighted by atomic mass is 10.1. The molecule has 3 N–H and O–H groups in total. The van der Waals surface area contributed by atoms with E-state index in [4.69, 9.17) is 28.9 Å². The minimum absolute atomic E-state index is 0.271. The van der Waals surface area contributed by atoms with Crippen LogP contribution in [0.15, 0.2) is 36.4 Å². The Morgan fingerprint density at radius 2 is 1.89 bits per heavy atom. The first-order valence-electron chi connectivity index (χ1n) is 5.60. The van der Waals surface area contributed by atoms with Gasteiger partial charge in [-0.15, -0.1) is 0 Å². The van der Waals surface area contributed by atoms with Gasteiger partial charge in [-0.2, -0.15) is 0 Å². The topological polar surface area (TPSA) is 55.1 Å². The number of anilines is 2. The molecule has 2 aromatic rings. The molecule has 3 nitrogen and oxygen atoms in total. The Labute approximate surface area is 121 Å². The molecule has 0 aromatic heterocycles. The van der Waals surface area contributed by atoms with Gasteiger partial charge in [0.1, 0.15) is 0 Å². The van der Waals surface area contributed by atoms with Crippen LogP contribution in [0, 0.1) is 6.92 Å². The quantitative estimate of drug-likeness (QED) is 0.818. The summed E-state index contributed by atoms with van der Waals surface area (Å²) in [6, 6.07) is 10.1. The van der Waals surface area contributed by atoms with E-state index in [1.165, 1.54) is 0 Å². The van der Waals surface area contributed by atoms with E-state index in [1.807, 2.05) is 0 Å². The molecule has 0 aliphatic carbocycles. The largest absolute Gasteiger partial charge is 0.399 e. The molecular formula is C14H12Cl2N2O. The van der Waals surface area contributed by atoms with Crippen molar-refractivity contribution in [3.63, 3.8) is 0 Å². The van der Waals surface area contributed by atoms with Crippen LogP contribution in [-0.2, 0) is 0 Å². The Morgan fingerprint density at radius 3 is 2.63 bits per heavy atom. The molecule has 0 heterocycles. The highest BCUT2D eigenvalue weighted by molar-refractivity contribution is 6.34. The lowest BCUT2D eigenvalue weighted by molar-refractivity contribution is 0.102. The second-order valence-corrected chi connectivity index (χ2v) is 4.92. The van der Waals surface area contributed by atoms with Gasteiger partial charge in [0.05, 0.1) is 10.7 Å². The molecule has 5 heteroatoms. The van der Waals surface area contributed by atoms with Gasteiger partial charge in [0.25, 0.3) is 5.91 Å². The number of carbonyl (C=O) groups is 1. The summed E-state index contributed by atoms with van der Waals surface area (Å²) >= 11 is 12.0. The summed E-state index contributed by atoms with van der Waals surface area (Å²) in [7, 11) is 0. The number of halogens is 2. The van der Waals surface area contributed by atoms with E-state index < -0.39 is 0 Å². The molecular weight excluding hydrogens is 283 g/mol. The van der Waals surface area contributed by atoms with Crippen molar-refractivity contribution in [2.75, 3.05) is 11.1 Å². The Bertz CT molecular complexity index is 641. The van der Waals surface area contributed by atoms with Crippen molar-refractivity contribution in [1.82, 2.24) is 0 Å². The molecule has 0 bridgehead atoms. The van der Waals surface area contributed by atoms with Crippen LogP contribution in [0.4, 0.5) is 11.4 Å². The molecule has 2 rings (SSSR count). The number of rotatable bonds is 2. The minimum atomic E-state index is -0.271. The number of amides is 1. The molecule has 0 atom stereocenters. The zero-order valence-corrected chi connectivity index (χ0v) is 11.7. The maximum atomic E-state index is 12.2. The molecule has 98 valence electrons. The van der Waals surface area contributed by atoms with Crippen LogP contribution >= 0.6 is 23.2 Å². The smallest absolute Gasteiger partial charge is 0.256 e. The van der Waals surface area contributed by atoms with Crippen molar-refractivity contribution >= 4 is 40.5 Å². The Kier molecular flexibility index (Phi) is 3.98. The van der Waals surface area contributed by atoms with Gasteiger partial charge in [-0.1, -0.05) is 29.3 Å². The summed E-state index contributed by atoms with van der Waals surface area (Å²) in [6.45, 7) is 1.79. The standard InChI is InChI=1S/C14H12Cl2N2O/c1-8-10(3-2-4-11(8)15)14(19)18-13-7-9(17)5-6-12(13)16/h2-7H,17H2,1H3,(H,18,19). The molecule has 0 spiro atoms. The SMILES string of the molecule is Cc1c(Cl)cccc1C(=O)Nc1cc(N)ccc1Cl. The van der Waals surface area contributed by atoms with Crippen molar-refractivity contribution < 1.29 is 4.79 Å². The van der Waals surface area contributed by atoms with Gasteiger partial charge in [0, 0.05) is 16.3 Å². The van der Waals surface area contributed by atoms with Gasteiger partial charge < -0.3 is 11.1 Å². The second-order valence-electron chi connectivity index (χ2n) is 4.11. The highest BCUT2D eigenvalue weighted by atomic mass is 35.5. The lowest BCUT2D eigenvalue weighted by Gasteiger charge is -2.10. The van der Waals surface area contributed by atoms with Gasteiger partial charge >= 0.3 is 0 Å². The fraction of sp³-hybridized carbons (Fsp3) is 0.0714. The molecule has 0 saturated carbocycles. The van der Waals surface area contributed by atoms with Crippen molar-refractivity contribution in [3.05, 3.63) is 57.6 Å². The summed E-state index contributed by atoms with van der Waals surface area (Å²) in [6.07, 6.45) is 0. The number of hydrogen-bond acceptors (Lipinski definition) is 2. The molecule has 0 unspecified atom stereocenters. The predicted molar refractivity (Wildman–Crippen MR) is 80.0 cm³/mol. The number of nitrogens with one attached hydrogen (secondary N) is 1. The fourth-order valence-electron chi connectivity index (χ4n) is 1.68. The van der Waals surface area contributed by atoms with Crippen LogP contribution in [0.3, 0.4) is 0 Å². The number of hydrogen-bond donors (Lipinski definition) is 2. The number of carbonyl (C=O) groups excluding carboxylic acids is 1. The summed E-state index contributed by atoms with van der Waals surface area (Å²) in [5.41, 5.74) is 7.90. The van der Waals surface area contributed by atoms with Crippen LogP contribution in [-0.4, -0.2) is 5.91 Å². The van der Waals surface area contributed by atoms with Crippen molar-refractivity contribution in [3.8, 4) is 0 Å². The maximum absolute atomic E-state index is 12.2. The number of nitrogens with two attached hydrogens (primary N) is 1. The zero-order valence-electron chi connectivity index (χ0n) is 10.2. The maximum Gasteiger partial charge on any atom is 0.256 e. The van der Waals surface area contributed by atoms with Crippen molar-refractivity contribution in [2.45, 2.75) is 6.92 Å². The monoisotopic (exact) mass is 294 g/mol. The van der Waals surface area contributed by atoms with Gasteiger partial charge in [-0.25, -0.2) is 0 Å². The molecule has 0 aliphatic heterocycles. The van der Waals surface area contributed by atoms with Crippen LogP contribution in [0.1, 0.15) is 15.9 Å². The normalized spacial score (nSPS) is 10.3. The first kappa shape index (κ1) is 13.7. The van der Waals surface area contributed by atoms with E-state index in [9.17, 15) is 4.79 Å². The molecule has 19 heavy (non-hydrogen) atoms. The highest BCUT2D eigenvalue weighted by Gasteiger charge is 2.12. The summed E-state index contributed by atoms with van der Waals surface area (Å²) < 4.78 is 0. The molecule has 2 aromatic carbocycles. The van der Waals surface area contributed by atoms with Gasteiger partial charge in [-0.05, 0) is 42.8 Å². The third-order valence-electron chi connectivity index (χ3n) is 2.75. The predicted octanol–water partition coefficient (Wildman–Crippen LogP) is 4.14. The highest BCUT2D eigenvalue weighted by Crippen LogP contribution is 2.26. The molecule has 1 amide bonds. The second kappa shape index (κ2) is 5.51. The minimum Gasteiger partial charge on any atom is -0.399 e. The molecule has 0 saturated heterocycles. The molecule has 0 aliphatic rings. The van der Waals surface area contributed by atoms with E-state index >= 15 is 0 Å². The van der Waals surface area contributed by atoms with Crippen molar-refractivity contribution in [1.29, 1.82) is 0 Å². The van der Waals surface area contributed by atoms with Gasteiger partial charge in [0.2, 0.25) is 0 Å². The first-order valence-corrected chi connectivity index (χ1v) is 6.36. The van der Waals surface area contributed by atoms with E-state index in [-0.39, 0.29) is 5.91 Å². The lowest BCUT2D eigenvalue weighted by Crippen LogP contribution is -2.14. The van der Waals surface area contributed by atoms with Crippen LogP contribution in [0.2, 0.25) is 10.0 Å². The van der Waals surface area contributed by atoms with E-state index in [0.29, 0.717) is 27.0 Å². The zero-order chi connectivity index (χ0) is 14.0. The first-order chi connectivity index (χ1) is 8.99. The van der Waals surface area contributed by atoms with Crippen LogP contribution in [0.5, 0.6) is 0 Å².